The summed E-state index contributed by atoms with van der Waals surface area (Å²) in [6, 6.07) is -0.548. The van der Waals surface area contributed by atoms with E-state index in [1.807, 2.05) is 0 Å². The van der Waals surface area contributed by atoms with Gasteiger partial charge in [0.05, 0.1) is 25.4 Å². The summed E-state index contributed by atoms with van der Waals surface area (Å²) in [6.45, 7) is 4.95. The van der Waals surface area contributed by atoms with Gasteiger partial charge in [-0.25, -0.2) is 0 Å². The zero-order valence-electron chi connectivity index (χ0n) is 40.7. The van der Waals surface area contributed by atoms with E-state index in [-0.39, 0.29) is 18.5 Å². The third-order valence-electron chi connectivity index (χ3n) is 12.9. The number of nitrogens with one attached hydrogen (secondary N) is 1. The lowest BCUT2D eigenvalue weighted by Gasteiger charge is -2.22. The first-order valence-electron chi connectivity index (χ1n) is 27.3. The molecule has 0 bridgehead atoms. The lowest BCUT2D eigenvalue weighted by atomic mass is 10.0. The lowest BCUT2D eigenvalue weighted by molar-refractivity contribution is -0.143. The average molecular weight is 850 g/mol. The molecule has 6 nitrogen and oxygen atoms in total. The van der Waals surface area contributed by atoms with E-state index in [0.717, 1.165) is 51.4 Å². The van der Waals surface area contributed by atoms with Gasteiger partial charge >= 0.3 is 5.97 Å². The predicted molar refractivity (Wildman–Crippen MR) is 260 cm³/mol. The molecule has 6 heteroatoms. The van der Waals surface area contributed by atoms with E-state index in [2.05, 4.69) is 19.2 Å². The summed E-state index contributed by atoms with van der Waals surface area (Å²) < 4.78 is 5.45. The highest BCUT2D eigenvalue weighted by Crippen LogP contribution is 2.17. The third kappa shape index (κ3) is 46.4. The van der Waals surface area contributed by atoms with E-state index in [4.69, 9.17) is 4.74 Å². The van der Waals surface area contributed by atoms with Crippen molar-refractivity contribution in [1.82, 2.24) is 5.32 Å². The number of hydrogen-bond acceptors (Lipinski definition) is 5. The first-order chi connectivity index (χ1) is 29.5. The molecule has 0 heterocycles. The molecule has 0 spiro atoms. The maximum atomic E-state index is 12.5. The lowest BCUT2D eigenvalue weighted by Crippen LogP contribution is -2.45. The van der Waals surface area contributed by atoms with E-state index in [9.17, 15) is 19.8 Å². The van der Waals surface area contributed by atoms with Gasteiger partial charge in [-0.05, 0) is 25.7 Å². The molecule has 2 unspecified atom stereocenters. The topological polar surface area (TPSA) is 95.9 Å². The second-order valence-corrected chi connectivity index (χ2v) is 18.9. The first-order valence-corrected chi connectivity index (χ1v) is 27.3. The molecule has 0 aromatic rings. The van der Waals surface area contributed by atoms with Crippen LogP contribution in [0.1, 0.15) is 309 Å². The zero-order chi connectivity index (χ0) is 43.7. The van der Waals surface area contributed by atoms with Gasteiger partial charge < -0.3 is 20.3 Å². The van der Waals surface area contributed by atoms with Crippen LogP contribution in [0.2, 0.25) is 0 Å². The molecular formula is C54H107NO5. The van der Waals surface area contributed by atoms with Crippen molar-refractivity contribution in [1.29, 1.82) is 0 Å². The Morgan fingerprint density at radius 1 is 0.400 bits per heavy atom. The fourth-order valence-electron chi connectivity index (χ4n) is 8.70. The highest BCUT2D eigenvalue weighted by molar-refractivity contribution is 5.76. The number of esters is 1. The Morgan fingerprint density at radius 2 is 0.683 bits per heavy atom. The summed E-state index contributed by atoms with van der Waals surface area (Å²) in [5, 5.41) is 23.3. The fourth-order valence-corrected chi connectivity index (χ4v) is 8.70. The van der Waals surface area contributed by atoms with Crippen molar-refractivity contribution in [2.24, 2.45) is 0 Å². The minimum atomic E-state index is -0.670. The minimum Gasteiger partial charge on any atom is -0.466 e. The molecule has 0 saturated carbocycles. The molecular weight excluding hydrogens is 743 g/mol. The SMILES string of the molecule is CCCCCCCCCCCCCCCCCCCCC(O)C(CO)NC(=O)CCCCCCCCCCCCCCCCOC(=O)CCCCCCCCCCCCC. The Kier molecular flexibility index (Phi) is 49.5. The van der Waals surface area contributed by atoms with Crippen LogP contribution in [0, 0.1) is 0 Å². The van der Waals surface area contributed by atoms with Gasteiger partial charge in [0, 0.05) is 12.8 Å². The molecule has 60 heavy (non-hydrogen) atoms. The van der Waals surface area contributed by atoms with Gasteiger partial charge in [-0.2, -0.15) is 0 Å². The molecule has 0 saturated heterocycles. The smallest absolute Gasteiger partial charge is 0.305 e. The van der Waals surface area contributed by atoms with Gasteiger partial charge in [-0.1, -0.05) is 271 Å². The average Bonchev–Trinajstić information content (AvgIpc) is 3.25. The molecule has 3 N–H and O–H groups in total. The molecule has 0 aromatic heterocycles. The van der Waals surface area contributed by atoms with E-state index in [1.54, 1.807) is 0 Å². The first kappa shape index (κ1) is 58.9. The highest BCUT2D eigenvalue weighted by Gasteiger charge is 2.20. The standard InChI is InChI=1S/C54H107NO5/c1-3-5-7-9-11-13-15-16-17-18-19-20-23-27-30-34-38-42-46-52(57)51(50-56)55-53(58)47-43-39-35-31-28-24-21-22-25-29-33-37-41-45-49-60-54(59)48-44-40-36-32-26-14-12-10-8-6-4-2/h51-52,56-57H,3-50H2,1-2H3,(H,55,58). The van der Waals surface area contributed by atoms with Crippen LogP contribution in [0.4, 0.5) is 0 Å². The summed E-state index contributed by atoms with van der Waals surface area (Å²) >= 11 is 0. The van der Waals surface area contributed by atoms with Gasteiger partial charge in [-0.15, -0.1) is 0 Å². The summed E-state index contributed by atoms with van der Waals surface area (Å²) in [4.78, 5) is 24.5. The Bertz CT molecular complexity index is 852. The van der Waals surface area contributed by atoms with Crippen molar-refractivity contribution >= 4 is 11.9 Å². The summed E-state index contributed by atoms with van der Waals surface area (Å²) in [7, 11) is 0. The van der Waals surface area contributed by atoms with E-state index < -0.39 is 12.1 Å². The Hall–Kier alpha value is -1.14. The van der Waals surface area contributed by atoms with Crippen molar-refractivity contribution in [3.8, 4) is 0 Å². The Balaban J connectivity index is 3.44. The summed E-state index contributed by atoms with van der Waals surface area (Å²) in [5.74, 6) is -0.0438. The molecule has 0 radical (unpaired) electrons. The van der Waals surface area contributed by atoms with Crippen LogP contribution in [0.15, 0.2) is 0 Å². The van der Waals surface area contributed by atoms with Crippen LogP contribution >= 0.6 is 0 Å². The Labute approximate surface area is 375 Å². The van der Waals surface area contributed by atoms with Crippen LogP contribution in [0.25, 0.3) is 0 Å². The molecule has 0 aliphatic carbocycles. The number of hydrogen-bond donors (Lipinski definition) is 3. The van der Waals surface area contributed by atoms with Crippen LogP contribution in [0.3, 0.4) is 0 Å². The van der Waals surface area contributed by atoms with Crippen molar-refractivity contribution in [2.45, 2.75) is 321 Å². The third-order valence-corrected chi connectivity index (χ3v) is 12.9. The molecule has 0 aliphatic heterocycles. The number of unbranched alkanes of at least 4 members (excludes halogenated alkanes) is 40. The van der Waals surface area contributed by atoms with Crippen molar-refractivity contribution in [3.63, 3.8) is 0 Å². The van der Waals surface area contributed by atoms with Crippen LogP contribution in [0.5, 0.6) is 0 Å². The summed E-state index contributed by atoms with van der Waals surface area (Å²) in [6.07, 6.45) is 56.5. The van der Waals surface area contributed by atoms with Crippen LogP contribution in [-0.4, -0.2) is 47.4 Å². The number of carbonyl (C=O) groups excluding carboxylic acids is 2. The number of ether oxygens (including phenoxy) is 1. The largest absolute Gasteiger partial charge is 0.466 e. The fraction of sp³-hybridized carbons (Fsp3) is 0.963. The monoisotopic (exact) mass is 850 g/mol. The maximum absolute atomic E-state index is 12.5. The second kappa shape index (κ2) is 50.5. The highest BCUT2D eigenvalue weighted by atomic mass is 16.5. The molecule has 0 rings (SSSR count). The van der Waals surface area contributed by atoms with Crippen LogP contribution < -0.4 is 5.32 Å². The van der Waals surface area contributed by atoms with Gasteiger partial charge in [0.1, 0.15) is 0 Å². The van der Waals surface area contributed by atoms with Gasteiger partial charge in [0.2, 0.25) is 5.91 Å². The minimum absolute atomic E-state index is 0.00155. The zero-order valence-corrected chi connectivity index (χ0v) is 40.7. The second-order valence-electron chi connectivity index (χ2n) is 18.9. The Morgan fingerprint density at radius 3 is 1.02 bits per heavy atom. The van der Waals surface area contributed by atoms with E-state index >= 15 is 0 Å². The number of amides is 1. The molecule has 1 amide bonds. The quantitative estimate of drug-likeness (QED) is 0.0418. The summed E-state index contributed by atoms with van der Waals surface area (Å²) in [5.41, 5.74) is 0. The normalized spacial score (nSPS) is 12.5. The molecule has 0 aromatic carbocycles. The van der Waals surface area contributed by atoms with Gasteiger partial charge in [0.15, 0.2) is 0 Å². The number of aliphatic hydroxyl groups excluding tert-OH is 2. The van der Waals surface area contributed by atoms with Gasteiger partial charge in [-0.3, -0.25) is 9.59 Å². The molecule has 0 aliphatic rings. The number of carbonyl (C=O) groups is 2. The number of rotatable bonds is 51. The van der Waals surface area contributed by atoms with E-state index in [1.165, 1.54) is 225 Å². The molecule has 0 fully saturated rings. The number of aliphatic hydroxyl groups is 2. The van der Waals surface area contributed by atoms with Crippen molar-refractivity contribution < 1.29 is 24.5 Å². The molecule has 358 valence electrons. The predicted octanol–water partition coefficient (Wildman–Crippen LogP) is 16.4. The van der Waals surface area contributed by atoms with Crippen LogP contribution in [-0.2, 0) is 14.3 Å². The van der Waals surface area contributed by atoms with Crippen molar-refractivity contribution in [2.75, 3.05) is 13.2 Å². The van der Waals surface area contributed by atoms with Crippen molar-refractivity contribution in [3.05, 3.63) is 0 Å². The van der Waals surface area contributed by atoms with Gasteiger partial charge in [0.25, 0.3) is 0 Å². The maximum Gasteiger partial charge on any atom is 0.305 e. The van der Waals surface area contributed by atoms with E-state index in [0.29, 0.717) is 25.9 Å². The molecule has 2 atom stereocenters.